The molecule has 0 aliphatic heterocycles. The Kier molecular flexibility index (Phi) is 6.55. The van der Waals surface area contributed by atoms with E-state index >= 15 is 0 Å². The summed E-state index contributed by atoms with van der Waals surface area (Å²) in [6, 6.07) is 3.18. The first-order valence-electron chi connectivity index (χ1n) is 5.07. The van der Waals surface area contributed by atoms with Crippen LogP contribution in [0.25, 0.3) is 0 Å². The molecule has 0 fully saturated rings. The molecule has 0 saturated carbocycles. The fourth-order valence-electron chi connectivity index (χ4n) is 1.21. The van der Waals surface area contributed by atoms with Gasteiger partial charge in [0.25, 0.3) is 0 Å². The van der Waals surface area contributed by atoms with Gasteiger partial charge in [-0.1, -0.05) is 23.2 Å². The van der Waals surface area contributed by atoms with Gasteiger partial charge in [-0.15, -0.1) is 11.6 Å². The maximum absolute atomic E-state index is 11.8. The molecule has 0 atom stereocenters. The number of unbranched alkanes of at least 4 members (excludes halogenated alkanes) is 1. The first kappa shape index (κ1) is 16.4. The van der Waals surface area contributed by atoms with Gasteiger partial charge < -0.3 is 0 Å². The van der Waals surface area contributed by atoms with Crippen molar-refractivity contribution in [3.63, 3.8) is 0 Å². The molecule has 1 rings (SSSR count). The molecule has 3 nitrogen and oxygen atoms in total. The summed E-state index contributed by atoms with van der Waals surface area (Å²) in [5.41, 5.74) is 0.274. The number of hydrogen-bond acceptors (Lipinski definition) is 2. The zero-order chi connectivity index (χ0) is 13.8. The van der Waals surface area contributed by atoms with E-state index < -0.39 is 10.0 Å². The molecule has 18 heavy (non-hydrogen) atoms. The minimum atomic E-state index is -3.43. The van der Waals surface area contributed by atoms with Crippen LogP contribution in [-0.4, -0.2) is 20.1 Å². The Bertz CT molecular complexity index is 522. The van der Waals surface area contributed by atoms with Crippen LogP contribution >= 0.6 is 50.7 Å². The fourth-order valence-corrected chi connectivity index (χ4v) is 3.47. The number of hydrogen-bond donors (Lipinski definition) is 1. The van der Waals surface area contributed by atoms with Crippen molar-refractivity contribution < 1.29 is 8.42 Å². The second kappa shape index (κ2) is 7.20. The molecule has 1 aromatic carbocycles. The van der Waals surface area contributed by atoms with Crippen LogP contribution in [-0.2, 0) is 10.0 Å². The maximum Gasteiger partial charge on any atom is 0.232 e. The third-order valence-electron chi connectivity index (χ3n) is 2.10. The van der Waals surface area contributed by atoms with E-state index in [1.165, 1.54) is 0 Å². The highest BCUT2D eigenvalue weighted by atomic mass is 79.9. The summed E-state index contributed by atoms with van der Waals surface area (Å²) < 4.78 is 26.5. The lowest BCUT2D eigenvalue weighted by atomic mass is 10.3. The van der Waals surface area contributed by atoms with Crippen LogP contribution < -0.4 is 4.72 Å². The van der Waals surface area contributed by atoms with E-state index in [2.05, 4.69) is 20.7 Å². The van der Waals surface area contributed by atoms with Crippen LogP contribution in [0.4, 0.5) is 5.69 Å². The quantitative estimate of drug-likeness (QED) is 0.437. The number of halogens is 4. The predicted molar refractivity (Wildman–Crippen MR) is 81.5 cm³/mol. The number of rotatable bonds is 6. The molecule has 0 radical (unpaired) electrons. The van der Waals surface area contributed by atoms with Crippen LogP contribution in [0, 0.1) is 0 Å². The van der Waals surface area contributed by atoms with Crippen molar-refractivity contribution in [3.8, 4) is 0 Å². The molecule has 0 heterocycles. The second-order valence-electron chi connectivity index (χ2n) is 3.54. The third kappa shape index (κ3) is 4.78. The highest BCUT2D eigenvalue weighted by Crippen LogP contribution is 2.36. The van der Waals surface area contributed by atoms with Gasteiger partial charge in [0.15, 0.2) is 0 Å². The number of benzene rings is 1. The van der Waals surface area contributed by atoms with E-state index in [1.807, 2.05) is 0 Å². The average molecular weight is 396 g/mol. The van der Waals surface area contributed by atoms with Gasteiger partial charge in [-0.05, 0) is 40.9 Å². The SMILES string of the molecule is O=S(=O)(CCCCCl)Nc1ccc(Br)c(Cl)c1Cl. The average Bonchev–Trinajstić information content (AvgIpc) is 2.30. The van der Waals surface area contributed by atoms with Crippen molar-refractivity contribution in [2.45, 2.75) is 12.8 Å². The van der Waals surface area contributed by atoms with Crippen molar-refractivity contribution in [3.05, 3.63) is 26.7 Å². The largest absolute Gasteiger partial charge is 0.282 e. The van der Waals surface area contributed by atoms with Crippen molar-refractivity contribution in [2.75, 3.05) is 16.4 Å². The maximum atomic E-state index is 11.8. The standard InChI is InChI=1S/C10H11BrCl3NO2S/c11-7-3-4-8(10(14)9(7)13)15-18(16,17)6-2-1-5-12/h3-4,15H,1-2,5-6H2. The van der Waals surface area contributed by atoms with E-state index in [4.69, 9.17) is 34.8 Å². The Hall–Kier alpha value is 0.320. The third-order valence-corrected chi connectivity index (χ3v) is 5.49. The van der Waals surface area contributed by atoms with E-state index in [-0.39, 0.29) is 21.5 Å². The first-order chi connectivity index (χ1) is 8.37. The van der Waals surface area contributed by atoms with Gasteiger partial charge >= 0.3 is 0 Å². The summed E-state index contributed by atoms with van der Waals surface area (Å²) in [6.07, 6.45) is 1.15. The lowest BCUT2D eigenvalue weighted by molar-refractivity contribution is 0.598. The molecule has 0 unspecified atom stereocenters. The van der Waals surface area contributed by atoms with Gasteiger partial charge in [0.2, 0.25) is 10.0 Å². The van der Waals surface area contributed by atoms with Gasteiger partial charge in [-0.3, -0.25) is 4.72 Å². The monoisotopic (exact) mass is 393 g/mol. The smallest absolute Gasteiger partial charge is 0.232 e. The summed E-state index contributed by atoms with van der Waals surface area (Å²) in [5.74, 6) is 0.449. The Morgan fingerprint density at radius 1 is 1.17 bits per heavy atom. The van der Waals surface area contributed by atoms with E-state index in [9.17, 15) is 8.42 Å². The van der Waals surface area contributed by atoms with Gasteiger partial charge in [-0.2, -0.15) is 0 Å². The minimum Gasteiger partial charge on any atom is -0.282 e. The summed E-state index contributed by atoms with van der Waals surface area (Å²) >= 11 is 20.6. The first-order valence-corrected chi connectivity index (χ1v) is 8.81. The van der Waals surface area contributed by atoms with E-state index in [1.54, 1.807) is 12.1 Å². The number of sulfonamides is 1. The van der Waals surface area contributed by atoms with Crippen molar-refractivity contribution in [2.24, 2.45) is 0 Å². The zero-order valence-corrected chi connectivity index (χ0v) is 13.9. The molecule has 8 heteroatoms. The number of nitrogens with one attached hydrogen (secondary N) is 1. The zero-order valence-electron chi connectivity index (χ0n) is 9.22. The Morgan fingerprint density at radius 3 is 2.44 bits per heavy atom. The highest BCUT2D eigenvalue weighted by molar-refractivity contribution is 9.10. The molecular formula is C10H11BrCl3NO2S. The summed E-state index contributed by atoms with van der Waals surface area (Å²) in [4.78, 5) is 0. The molecule has 0 amide bonds. The number of anilines is 1. The molecular weight excluding hydrogens is 384 g/mol. The molecule has 0 bridgehead atoms. The molecule has 102 valence electrons. The highest BCUT2D eigenvalue weighted by Gasteiger charge is 2.14. The van der Waals surface area contributed by atoms with Crippen LogP contribution in [0.5, 0.6) is 0 Å². The topological polar surface area (TPSA) is 46.2 Å². The number of alkyl halides is 1. The minimum absolute atomic E-state index is 0.00370. The van der Waals surface area contributed by atoms with Crippen LogP contribution in [0.2, 0.25) is 10.0 Å². The van der Waals surface area contributed by atoms with E-state index in [0.29, 0.717) is 23.2 Å². The fraction of sp³-hybridized carbons (Fsp3) is 0.400. The second-order valence-corrected chi connectivity index (χ2v) is 7.37. The lowest BCUT2D eigenvalue weighted by Crippen LogP contribution is -2.17. The van der Waals surface area contributed by atoms with Gasteiger partial charge in [-0.25, -0.2) is 8.42 Å². The summed E-state index contributed by atoms with van der Waals surface area (Å²) in [6.45, 7) is 0. The molecule has 1 aromatic rings. The van der Waals surface area contributed by atoms with Gasteiger partial charge in [0, 0.05) is 10.4 Å². The van der Waals surface area contributed by atoms with Crippen molar-refractivity contribution >= 4 is 66.4 Å². The van der Waals surface area contributed by atoms with Crippen molar-refractivity contribution in [1.82, 2.24) is 0 Å². The normalized spacial score (nSPS) is 11.6. The summed E-state index contributed by atoms with van der Waals surface area (Å²) in [7, 11) is -3.43. The van der Waals surface area contributed by atoms with Crippen LogP contribution in [0.15, 0.2) is 16.6 Å². The molecule has 1 N–H and O–H groups in total. The predicted octanol–water partition coefficient (Wildman–Crippen LogP) is 4.52. The summed E-state index contributed by atoms with van der Waals surface area (Å²) in [5, 5.41) is 0.449. The molecule has 0 aliphatic carbocycles. The molecule has 0 aromatic heterocycles. The van der Waals surface area contributed by atoms with Gasteiger partial charge in [0.05, 0.1) is 21.5 Å². The molecule has 0 aliphatic rings. The van der Waals surface area contributed by atoms with Crippen molar-refractivity contribution in [1.29, 1.82) is 0 Å². The molecule has 0 spiro atoms. The van der Waals surface area contributed by atoms with Crippen LogP contribution in [0.3, 0.4) is 0 Å². The lowest BCUT2D eigenvalue weighted by Gasteiger charge is -2.10. The Morgan fingerprint density at radius 2 is 1.83 bits per heavy atom. The van der Waals surface area contributed by atoms with Gasteiger partial charge in [0.1, 0.15) is 0 Å². The van der Waals surface area contributed by atoms with Crippen LogP contribution in [0.1, 0.15) is 12.8 Å². The Balaban J connectivity index is 2.82. The Labute approximate surface area is 130 Å². The molecule has 0 saturated heterocycles. The van der Waals surface area contributed by atoms with E-state index in [0.717, 1.165) is 0 Å².